The van der Waals surface area contributed by atoms with Crippen LogP contribution in [0.3, 0.4) is 0 Å². The Bertz CT molecular complexity index is 1150. The molecule has 5 nitrogen and oxygen atoms in total. The monoisotopic (exact) mass is 488 g/mol. The van der Waals surface area contributed by atoms with Gasteiger partial charge >= 0.3 is 5.69 Å². The number of hydrogen-bond donors (Lipinski definition) is 2. The quantitative estimate of drug-likeness (QED) is 0.275. The van der Waals surface area contributed by atoms with E-state index >= 15 is 0 Å². The third-order valence-electron chi connectivity index (χ3n) is 8.88. The van der Waals surface area contributed by atoms with Crippen LogP contribution in [0.1, 0.15) is 94.2 Å². The van der Waals surface area contributed by atoms with Crippen molar-refractivity contribution in [1.29, 1.82) is 0 Å². The van der Waals surface area contributed by atoms with Gasteiger partial charge in [0.15, 0.2) is 0 Å². The molecular formula is C31H44N4O. The minimum absolute atomic E-state index is 0.0517. The molecule has 0 radical (unpaired) electrons. The maximum atomic E-state index is 13.1. The van der Waals surface area contributed by atoms with Crippen LogP contribution in [0.15, 0.2) is 53.3 Å². The predicted molar refractivity (Wildman–Crippen MR) is 149 cm³/mol. The van der Waals surface area contributed by atoms with Crippen LogP contribution in [0.25, 0.3) is 11.0 Å². The summed E-state index contributed by atoms with van der Waals surface area (Å²) in [6, 6.07) is 18.1. The van der Waals surface area contributed by atoms with Gasteiger partial charge in [0.25, 0.3) is 0 Å². The first-order chi connectivity index (χ1) is 17.7. The standard InChI is InChI=1S/C31H44N4O/c32-21-11-4-1-6-12-25-15-16-29-28(24-25)33-30(36)35(29)27-17-22-34(23-18-27)31(19-9-2-3-10-20-31)26-13-7-5-8-14-26/h5,7-8,13-16,24,27H,1-4,6,9-12,17-23,32H2,(H,33,36). The number of rotatable bonds is 9. The zero-order valence-corrected chi connectivity index (χ0v) is 21.9. The molecule has 36 heavy (non-hydrogen) atoms. The lowest BCUT2D eigenvalue weighted by Gasteiger charge is -2.47. The van der Waals surface area contributed by atoms with Crippen LogP contribution in [0.2, 0.25) is 0 Å². The van der Waals surface area contributed by atoms with E-state index in [1.165, 1.54) is 68.9 Å². The number of nitrogens with zero attached hydrogens (tertiary/aromatic N) is 2. The second kappa shape index (κ2) is 11.8. The van der Waals surface area contributed by atoms with Crippen LogP contribution in [-0.2, 0) is 12.0 Å². The average Bonchev–Trinajstić information content (AvgIpc) is 3.06. The number of piperidine rings is 1. The Balaban J connectivity index is 1.30. The number of nitrogens with two attached hydrogens (primary N) is 1. The molecule has 1 aromatic heterocycles. The van der Waals surface area contributed by atoms with E-state index < -0.39 is 0 Å². The molecule has 2 aliphatic rings. The number of nitrogens with one attached hydrogen (secondary N) is 1. The molecule has 1 aliphatic carbocycles. The van der Waals surface area contributed by atoms with Gasteiger partial charge in [-0.3, -0.25) is 9.47 Å². The van der Waals surface area contributed by atoms with Gasteiger partial charge in [-0.1, -0.05) is 74.9 Å². The third kappa shape index (κ3) is 5.33. The van der Waals surface area contributed by atoms with Gasteiger partial charge in [-0.05, 0) is 74.8 Å². The number of fused-ring (bicyclic) bond motifs is 1. The molecule has 2 aromatic carbocycles. The topological polar surface area (TPSA) is 67.0 Å². The molecule has 2 heterocycles. The Morgan fingerprint density at radius 2 is 1.61 bits per heavy atom. The normalized spacial score (nSPS) is 19.5. The Hall–Kier alpha value is -2.37. The van der Waals surface area contributed by atoms with Crippen molar-refractivity contribution >= 4 is 11.0 Å². The number of aryl methyl sites for hydroxylation is 1. The maximum absolute atomic E-state index is 13.1. The summed E-state index contributed by atoms with van der Waals surface area (Å²) in [5, 5.41) is 0. The van der Waals surface area contributed by atoms with Crippen LogP contribution in [0, 0.1) is 0 Å². The number of unbranched alkanes of at least 4 members (excludes halogenated alkanes) is 3. The molecule has 5 rings (SSSR count). The summed E-state index contributed by atoms with van der Waals surface area (Å²) in [5.74, 6) is 0. The number of aromatic amines is 1. The molecule has 3 aromatic rings. The van der Waals surface area contributed by atoms with E-state index in [-0.39, 0.29) is 17.3 Å². The van der Waals surface area contributed by atoms with Crippen LogP contribution in [0.5, 0.6) is 0 Å². The maximum Gasteiger partial charge on any atom is 0.326 e. The first kappa shape index (κ1) is 25.3. The smallest absolute Gasteiger partial charge is 0.326 e. The van der Waals surface area contributed by atoms with Gasteiger partial charge < -0.3 is 10.7 Å². The lowest BCUT2D eigenvalue weighted by molar-refractivity contribution is 0.0356. The van der Waals surface area contributed by atoms with Crippen molar-refractivity contribution in [1.82, 2.24) is 14.5 Å². The van der Waals surface area contributed by atoms with Gasteiger partial charge in [0, 0.05) is 24.7 Å². The largest absolute Gasteiger partial charge is 0.330 e. The predicted octanol–water partition coefficient (Wildman–Crippen LogP) is 6.28. The number of H-pyrrole nitrogens is 1. The Morgan fingerprint density at radius 1 is 0.889 bits per heavy atom. The van der Waals surface area contributed by atoms with Crippen molar-refractivity contribution in [2.45, 2.75) is 95.1 Å². The van der Waals surface area contributed by atoms with Crippen LogP contribution in [-0.4, -0.2) is 34.1 Å². The molecule has 0 bridgehead atoms. The summed E-state index contributed by atoms with van der Waals surface area (Å²) in [7, 11) is 0. The van der Waals surface area contributed by atoms with Crippen molar-refractivity contribution < 1.29 is 0 Å². The number of aromatic nitrogens is 2. The van der Waals surface area contributed by atoms with Crippen LogP contribution < -0.4 is 11.4 Å². The molecule has 0 atom stereocenters. The summed E-state index contributed by atoms with van der Waals surface area (Å²) in [5.41, 5.74) is 10.7. The highest BCUT2D eigenvalue weighted by Gasteiger charge is 2.40. The van der Waals surface area contributed by atoms with Gasteiger partial charge in [0.05, 0.1) is 11.0 Å². The van der Waals surface area contributed by atoms with Gasteiger partial charge in [-0.25, -0.2) is 4.79 Å². The molecule has 1 saturated heterocycles. The SMILES string of the molecule is NCCCCCCc1ccc2c(c1)[nH]c(=O)n2C1CCN(C2(c3ccccc3)CCCCCC2)CC1. The molecule has 3 N–H and O–H groups in total. The van der Waals surface area contributed by atoms with Crippen molar-refractivity contribution in [2.75, 3.05) is 19.6 Å². The summed E-state index contributed by atoms with van der Waals surface area (Å²) in [6.45, 7) is 2.89. The van der Waals surface area contributed by atoms with Gasteiger partial charge in [0.1, 0.15) is 0 Å². The molecule has 0 spiro atoms. The summed E-state index contributed by atoms with van der Waals surface area (Å²) >= 11 is 0. The van der Waals surface area contributed by atoms with Crippen molar-refractivity contribution in [3.05, 3.63) is 70.1 Å². The summed E-state index contributed by atoms with van der Waals surface area (Å²) in [4.78, 5) is 19.0. The van der Waals surface area contributed by atoms with E-state index in [1.807, 2.05) is 0 Å². The highest BCUT2D eigenvalue weighted by molar-refractivity contribution is 5.76. The molecule has 5 heteroatoms. The zero-order valence-electron chi connectivity index (χ0n) is 21.9. The highest BCUT2D eigenvalue weighted by Crippen LogP contribution is 2.43. The zero-order chi connectivity index (χ0) is 24.8. The van der Waals surface area contributed by atoms with Crippen molar-refractivity contribution in [3.63, 3.8) is 0 Å². The fraction of sp³-hybridized carbons (Fsp3) is 0.581. The minimum atomic E-state index is 0.0517. The van der Waals surface area contributed by atoms with Crippen molar-refractivity contribution in [3.8, 4) is 0 Å². The highest BCUT2D eigenvalue weighted by atomic mass is 16.1. The number of benzene rings is 2. The molecule has 1 saturated carbocycles. The number of hydrogen-bond acceptors (Lipinski definition) is 3. The Labute approximate surface area is 216 Å². The molecular weight excluding hydrogens is 444 g/mol. The second-order valence-electron chi connectivity index (χ2n) is 11.1. The van der Waals surface area contributed by atoms with Crippen LogP contribution in [0.4, 0.5) is 0 Å². The van der Waals surface area contributed by atoms with E-state index in [9.17, 15) is 4.79 Å². The molecule has 1 aliphatic heterocycles. The lowest BCUT2D eigenvalue weighted by Crippen LogP contribution is -2.50. The van der Waals surface area contributed by atoms with E-state index in [1.54, 1.807) is 0 Å². The van der Waals surface area contributed by atoms with E-state index in [0.717, 1.165) is 56.4 Å². The first-order valence-electron chi connectivity index (χ1n) is 14.4. The molecule has 194 valence electrons. The Morgan fingerprint density at radius 3 is 2.33 bits per heavy atom. The van der Waals surface area contributed by atoms with E-state index in [2.05, 4.69) is 63.0 Å². The van der Waals surface area contributed by atoms with E-state index in [0.29, 0.717) is 0 Å². The first-order valence-corrected chi connectivity index (χ1v) is 14.4. The average molecular weight is 489 g/mol. The van der Waals surface area contributed by atoms with Gasteiger partial charge in [-0.15, -0.1) is 0 Å². The summed E-state index contributed by atoms with van der Waals surface area (Å²) in [6.07, 6.45) is 15.7. The van der Waals surface area contributed by atoms with Gasteiger partial charge in [0.2, 0.25) is 0 Å². The molecule has 2 fully saturated rings. The summed E-state index contributed by atoms with van der Waals surface area (Å²) < 4.78 is 2.06. The second-order valence-corrected chi connectivity index (χ2v) is 11.1. The number of imidazole rings is 1. The molecule has 0 unspecified atom stereocenters. The third-order valence-corrected chi connectivity index (χ3v) is 8.88. The van der Waals surface area contributed by atoms with Gasteiger partial charge in [-0.2, -0.15) is 0 Å². The van der Waals surface area contributed by atoms with E-state index in [4.69, 9.17) is 5.73 Å². The number of likely N-dealkylation sites (tertiary alicyclic amines) is 1. The molecule has 0 amide bonds. The minimum Gasteiger partial charge on any atom is -0.330 e. The Kier molecular flexibility index (Phi) is 8.28. The van der Waals surface area contributed by atoms with Crippen molar-refractivity contribution in [2.24, 2.45) is 5.73 Å². The van der Waals surface area contributed by atoms with Crippen LogP contribution >= 0.6 is 0 Å². The lowest BCUT2D eigenvalue weighted by atomic mass is 9.79. The fourth-order valence-corrected chi connectivity index (χ4v) is 6.92. The fourth-order valence-electron chi connectivity index (χ4n) is 6.92.